The molecule has 100 valence electrons. The standard InChI is InChI=1S/C15H15F2NO/c1-19-14-8-4-6-11(15(14)17)13(18)9-10-5-2-3-7-12(10)16/h2-8,13H,9,18H2,1H3. The summed E-state index contributed by atoms with van der Waals surface area (Å²) in [6, 6.07) is 10.5. The van der Waals surface area contributed by atoms with E-state index in [0.29, 0.717) is 11.1 Å². The van der Waals surface area contributed by atoms with E-state index in [1.807, 2.05) is 0 Å². The van der Waals surface area contributed by atoms with Gasteiger partial charge in [0.1, 0.15) is 5.82 Å². The van der Waals surface area contributed by atoms with Gasteiger partial charge in [-0.1, -0.05) is 30.3 Å². The fourth-order valence-electron chi connectivity index (χ4n) is 1.98. The quantitative estimate of drug-likeness (QED) is 0.919. The molecule has 0 heterocycles. The third kappa shape index (κ3) is 2.90. The number of halogens is 2. The molecule has 2 aromatic carbocycles. The molecule has 2 rings (SSSR count). The van der Waals surface area contributed by atoms with Gasteiger partial charge >= 0.3 is 0 Å². The molecule has 0 amide bonds. The Balaban J connectivity index is 2.26. The summed E-state index contributed by atoms with van der Waals surface area (Å²) in [5.41, 5.74) is 6.75. The van der Waals surface area contributed by atoms with E-state index >= 15 is 0 Å². The third-order valence-electron chi connectivity index (χ3n) is 3.01. The van der Waals surface area contributed by atoms with Gasteiger partial charge in [0.25, 0.3) is 0 Å². The van der Waals surface area contributed by atoms with Crippen molar-refractivity contribution in [1.82, 2.24) is 0 Å². The van der Waals surface area contributed by atoms with Crippen LogP contribution in [-0.2, 0) is 6.42 Å². The lowest BCUT2D eigenvalue weighted by Crippen LogP contribution is -2.16. The zero-order valence-corrected chi connectivity index (χ0v) is 10.6. The number of benzene rings is 2. The zero-order chi connectivity index (χ0) is 13.8. The van der Waals surface area contributed by atoms with Crippen molar-refractivity contribution in [1.29, 1.82) is 0 Å². The minimum atomic E-state index is -0.619. The van der Waals surface area contributed by atoms with Crippen LogP contribution in [0.5, 0.6) is 5.75 Å². The number of ether oxygens (including phenoxy) is 1. The predicted octanol–water partition coefficient (Wildman–Crippen LogP) is 3.22. The Morgan fingerprint density at radius 1 is 1.11 bits per heavy atom. The van der Waals surface area contributed by atoms with Crippen LogP contribution in [0.2, 0.25) is 0 Å². The van der Waals surface area contributed by atoms with Crippen molar-refractivity contribution in [3.8, 4) is 5.75 Å². The van der Waals surface area contributed by atoms with E-state index in [4.69, 9.17) is 10.5 Å². The minimum Gasteiger partial charge on any atom is -0.494 e. The van der Waals surface area contributed by atoms with Gasteiger partial charge in [-0.3, -0.25) is 0 Å². The second-order valence-electron chi connectivity index (χ2n) is 4.27. The second kappa shape index (κ2) is 5.80. The molecule has 0 saturated heterocycles. The molecular formula is C15H15F2NO. The average molecular weight is 263 g/mol. The molecule has 0 aliphatic rings. The van der Waals surface area contributed by atoms with Gasteiger partial charge in [0, 0.05) is 11.6 Å². The van der Waals surface area contributed by atoms with Crippen LogP contribution < -0.4 is 10.5 Å². The van der Waals surface area contributed by atoms with Crippen molar-refractivity contribution in [2.24, 2.45) is 5.73 Å². The van der Waals surface area contributed by atoms with Crippen molar-refractivity contribution < 1.29 is 13.5 Å². The van der Waals surface area contributed by atoms with Gasteiger partial charge < -0.3 is 10.5 Å². The maximum atomic E-state index is 14.0. The Morgan fingerprint density at radius 3 is 2.53 bits per heavy atom. The maximum Gasteiger partial charge on any atom is 0.169 e. The molecule has 1 unspecified atom stereocenters. The topological polar surface area (TPSA) is 35.2 Å². The summed E-state index contributed by atoms with van der Waals surface area (Å²) in [6.45, 7) is 0. The van der Waals surface area contributed by atoms with E-state index in [0.717, 1.165) is 0 Å². The van der Waals surface area contributed by atoms with Crippen LogP contribution in [0.1, 0.15) is 17.2 Å². The molecule has 19 heavy (non-hydrogen) atoms. The van der Waals surface area contributed by atoms with Crippen LogP contribution in [0, 0.1) is 11.6 Å². The fourth-order valence-corrected chi connectivity index (χ4v) is 1.98. The molecule has 0 aliphatic carbocycles. The molecule has 1 atom stereocenters. The van der Waals surface area contributed by atoms with Crippen LogP contribution >= 0.6 is 0 Å². The van der Waals surface area contributed by atoms with E-state index in [2.05, 4.69) is 0 Å². The Labute approximate surface area is 110 Å². The smallest absolute Gasteiger partial charge is 0.169 e. The Kier molecular flexibility index (Phi) is 4.12. The lowest BCUT2D eigenvalue weighted by molar-refractivity contribution is 0.382. The first kappa shape index (κ1) is 13.5. The largest absolute Gasteiger partial charge is 0.494 e. The van der Waals surface area contributed by atoms with Crippen molar-refractivity contribution >= 4 is 0 Å². The second-order valence-corrected chi connectivity index (χ2v) is 4.27. The molecule has 2 aromatic rings. The van der Waals surface area contributed by atoms with Gasteiger partial charge in [-0.15, -0.1) is 0 Å². The summed E-state index contributed by atoms with van der Waals surface area (Å²) in [7, 11) is 1.39. The monoisotopic (exact) mass is 263 g/mol. The highest BCUT2D eigenvalue weighted by Crippen LogP contribution is 2.26. The van der Waals surface area contributed by atoms with Crippen LogP contribution in [0.3, 0.4) is 0 Å². The molecule has 0 bridgehead atoms. The molecular weight excluding hydrogens is 248 g/mol. The van der Waals surface area contributed by atoms with Crippen LogP contribution in [0.25, 0.3) is 0 Å². The first-order chi connectivity index (χ1) is 9.13. The number of nitrogens with two attached hydrogens (primary N) is 1. The van der Waals surface area contributed by atoms with Crippen molar-refractivity contribution in [3.63, 3.8) is 0 Å². The van der Waals surface area contributed by atoms with E-state index in [-0.39, 0.29) is 18.0 Å². The van der Waals surface area contributed by atoms with Crippen LogP contribution in [0.15, 0.2) is 42.5 Å². The highest BCUT2D eigenvalue weighted by Gasteiger charge is 2.16. The fraction of sp³-hybridized carbons (Fsp3) is 0.200. The first-order valence-electron chi connectivity index (χ1n) is 5.95. The molecule has 0 aromatic heterocycles. The highest BCUT2D eigenvalue weighted by atomic mass is 19.1. The van der Waals surface area contributed by atoms with Gasteiger partial charge in [0.05, 0.1) is 7.11 Å². The third-order valence-corrected chi connectivity index (χ3v) is 3.01. The molecule has 2 N–H and O–H groups in total. The first-order valence-corrected chi connectivity index (χ1v) is 5.95. The lowest BCUT2D eigenvalue weighted by Gasteiger charge is -2.15. The van der Waals surface area contributed by atoms with E-state index in [9.17, 15) is 8.78 Å². The van der Waals surface area contributed by atoms with Crippen molar-refractivity contribution in [2.75, 3.05) is 7.11 Å². The SMILES string of the molecule is COc1cccc(C(N)Cc2ccccc2F)c1F. The lowest BCUT2D eigenvalue weighted by atomic mass is 9.98. The van der Waals surface area contributed by atoms with Gasteiger partial charge in [-0.05, 0) is 24.1 Å². The molecule has 0 spiro atoms. The van der Waals surface area contributed by atoms with Gasteiger partial charge in [0.2, 0.25) is 0 Å². The average Bonchev–Trinajstić information content (AvgIpc) is 2.41. The normalized spacial score (nSPS) is 12.2. The summed E-state index contributed by atoms with van der Waals surface area (Å²) in [5, 5.41) is 0. The molecule has 4 heteroatoms. The van der Waals surface area contributed by atoms with Crippen LogP contribution in [0.4, 0.5) is 8.78 Å². The zero-order valence-electron chi connectivity index (χ0n) is 10.6. The Morgan fingerprint density at radius 2 is 1.84 bits per heavy atom. The molecule has 2 nitrogen and oxygen atoms in total. The van der Waals surface area contributed by atoms with Gasteiger partial charge in [0.15, 0.2) is 11.6 Å². The molecule has 0 aliphatic heterocycles. The summed E-state index contributed by atoms with van der Waals surface area (Å²) in [4.78, 5) is 0. The van der Waals surface area contributed by atoms with Gasteiger partial charge in [-0.25, -0.2) is 8.78 Å². The van der Waals surface area contributed by atoms with Gasteiger partial charge in [-0.2, -0.15) is 0 Å². The Bertz CT molecular complexity index is 572. The summed E-state index contributed by atoms with van der Waals surface area (Å²) in [6.07, 6.45) is 0.233. The summed E-state index contributed by atoms with van der Waals surface area (Å²) < 4.78 is 32.5. The number of hydrogen-bond donors (Lipinski definition) is 1. The molecule has 0 radical (unpaired) electrons. The molecule has 0 fully saturated rings. The Hall–Kier alpha value is -1.94. The van der Waals surface area contributed by atoms with Crippen LogP contribution in [-0.4, -0.2) is 7.11 Å². The number of hydrogen-bond acceptors (Lipinski definition) is 2. The molecule has 0 saturated carbocycles. The predicted molar refractivity (Wildman–Crippen MR) is 70.0 cm³/mol. The van der Waals surface area contributed by atoms with E-state index < -0.39 is 11.9 Å². The maximum absolute atomic E-state index is 14.0. The summed E-state index contributed by atoms with van der Waals surface area (Å²) in [5.74, 6) is -0.684. The summed E-state index contributed by atoms with van der Waals surface area (Å²) >= 11 is 0. The van der Waals surface area contributed by atoms with Crippen molar-refractivity contribution in [2.45, 2.75) is 12.5 Å². The number of rotatable bonds is 4. The number of methoxy groups -OCH3 is 1. The minimum absolute atomic E-state index is 0.140. The van der Waals surface area contributed by atoms with E-state index in [1.54, 1.807) is 30.3 Å². The van der Waals surface area contributed by atoms with Crippen molar-refractivity contribution in [3.05, 3.63) is 65.2 Å². The van der Waals surface area contributed by atoms with E-state index in [1.165, 1.54) is 19.2 Å². The highest BCUT2D eigenvalue weighted by molar-refractivity contribution is 5.34.